The first-order chi connectivity index (χ1) is 13.6. The largest absolute Gasteiger partial charge is 0.491 e. The molecule has 0 N–H and O–H groups in total. The lowest BCUT2D eigenvalue weighted by Crippen LogP contribution is -2.05. The molecule has 0 aliphatic heterocycles. The fraction of sp³-hybridized carbons (Fsp3) is 0.125. The second-order valence-electron chi connectivity index (χ2n) is 6.91. The van der Waals surface area contributed by atoms with E-state index in [0.717, 1.165) is 28.0 Å². The fourth-order valence-electron chi connectivity index (χ4n) is 3.06. The molecule has 1 aromatic heterocycles. The molecule has 3 nitrogen and oxygen atoms in total. The van der Waals surface area contributed by atoms with Crippen molar-refractivity contribution in [1.82, 2.24) is 9.55 Å². The number of ether oxygens (including phenoxy) is 1. The first kappa shape index (κ1) is 18.7. The summed E-state index contributed by atoms with van der Waals surface area (Å²) in [6.07, 6.45) is 6.29. The van der Waals surface area contributed by atoms with Gasteiger partial charge in [0.1, 0.15) is 12.1 Å². The number of hydrogen-bond donors (Lipinski definition) is 0. The SMILES string of the molecule is CC(C)Oc1ccc(-n2cnc3cc(/C=C\c4ccc(I)cc4)ccc32)cc1. The van der Waals surface area contributed by atoms with Gasteiger partial charge in [0.25, 0.3) is 0 Å². The average molecular weight is 480 g/mol. The zero-order valence-electron chi connectivity index (χ0n) is 15.8. The predicted molar refractivity (Wildman–Crippen MR) is 125 cm³/mol. The molecule has 3 aromatic carbocycles. The van der Waals surface area contributed by atoms with Crippen LogP contribution in [-0.2, 0) is 0 Å². The maximum absolute atomic E-state index is 5.73. The lowest BCUT2D eigenvalue weighted by molar-refractivity contribution is 0.242. The van der Waals surface area contributed by atoms with Gasteiger partial charge in [0.2, 0.25) is 0 Å². The van der Waals surface area contributed by atoms with Crippen molar-refractivity contribution < 1.29 is 4.74 Å². The number of nitrogens with zero attached hydrogens (tertiary/aromatic N) is 2. The highest BCUT2D eigenvalue weighted by Crippen LogP contribution is 2.23. The predicted octanol–water partition coefficient (Wildman–Crippen LogP) is 6.59. The summed E-state index contributed by atoms with van der Waals surface area (Å²) < 4.78 is 9.07. The molecule has 4 rings (SSSR count). The summed E-state index contributed by atoms with van der Waals surface area (Å²) >= 11 is 2.32. The number of fused-ring (bicyclic) bond motifs is 1. The Kier molecular flexibility index (Phi) is 5.48. The van der Waals surface area contributed by atoms with Crippen molar-refractivity contribution >= 4 is 45.8 Å². The zero-order chi connectivity index (χ0) is 19.5. The number of benzene rings is 3. The minimum atomic E-state index is 0.172. The second-order valence-corrected chi connectivity index (χ2v) is 8.15. The van der Waals surface area contributed by atoms with Crippen LogP contribution in [0.2, 0.25) is 0 Å². The maximum Gasteiger partial charge on any atom is 0.119 e. The van der Waals surface area contributed by atoms with Gasteiger partial charge in [-0.05, 0) is 96.1 Å². The molecule has 4 aromatic rings. The smallest absolute Gasteiger partial charge is 0.119 e. The van der Waals surface area contributed by atoms with Crippen LogP contribution in [0, 0.1) is 3.57 Å². The van der Waals surface area contributed by atoms with E-state index in [2.05, 4.69) is 98.9 Å². The number of aromatic nitrogens is 2. The van der Waals surface area contributed by atoms with Gasteiger partial charge in [-0.15, -0.1) is 0 Å². The molecule has 0 amide bonds. The Balaban J connectivity index is 1.58. The molecule has 0 spiro atoms. The minimum Gasteiger partial charge on any atom is -0.491 e. The second kappa shape index (κ2) is 8.19. The Morgan fingerprint density at radius 1 is 0.893 bits per heavy atom. The molecule has 0 bridgehead atoms. The first-order valence-corrected chi connectivity index (χ1v) is 10.3. The molecule has 0 radical (unpaired) electrons. The highest BCUT2D eigenvalue weighted by Gasteiger charge is 2.06. The molecular weight excluding hydrogens is 459 g/mol. The van der Waals surface area contributed by atoms with Crippen LogP contribution in [-0.4, -0.2) is 15.7 Å². The number of rotatable bonds is 5. The van der Waals surface area contributed by atoms with Gasteiger partial charge in [-0.3, -0.25) is 4.57 Å². The topological polar surface area (TPSA) is 27.1 Å². The van der Waals surface area contributed by atoms with Crippen molar-refractivity contribution in [2.75, 3.05) is 0 Å². The molecule has 0 aliphatic rings. The van der Waals surface area contributed by atoms with Crippen LogP contribution >= 0.6 is 22.6 Å². The third-order valence-corrected chi connectivity index (χ3v) is 5.12. The number of imidazole rings is 1. The normalized spacial score (nSPS) is 11.6. The maximum atomic E-state index is 5.73. The van der Waals surface area contributed by atoms with E-state index in [1.54, 1.807) is 0 Å². The van der Waals surface area contributed by atoms with Gasteiger partial charge in [0, 0.05) is 9.26 Å². The molecular formula is C24H21IN2O. The van der Waals surface area contributed by atoms with E-state index < -0.39 is 0 Å². The van der Waals surface area contributed by atoms with E-state index in [1.807, 2.05) is 32.3 Å². The van der Waals surface area contributed by atoms with Crippen LogP contribution in [0.3, 0.4) is 0 Å². The summed E-state index contributed by atoms with van der Waals surface area (Å²) in [4.78, 5) is 4.59. The van der Waals surface area contributed by atoms with Crippen LogP contribution in [0.1, 0.15) is 25.0 Å². The quantitative estimate of drug-likeness (QED) is 0.238. The van der Waals surface area contributed by atoms with E-state index in [-0.39, 0.29) is 6.10 Å². The van der Waals surface area contributed by atoms with E-state index in [0.29, 0.717) is 0 Å². The van der Waals surface area contributed by atoms with Gasteiger partial charge in [-0.2, -0.15) is 0 Å². The first-order valence-electron chi connectivity index (χ1n) is 9.26. The van der Waals surface area contributed by atoms with Crippen LogP contribution in [0.15, 0.2) is 73.1 Å². The molecule has 140 valence electrons. The number of hydrogen-bond acceptors (Lipinski definition) is 2. The molecule has 4 heteroatoms. The number of halogens is 1. The van der Waals surface area contributed by atoms with Gasteiger partial charge in [-0.1, -0.05) is 30.4 Å². The third-order valence-electron chi connectivity index (χ3n) is 4.40. The van der Waals surface area contributed by atoms with Crippen molar-refractivity contribution in [3.63, 3.8) is 0 Å². The Morgan fingerprint density at radius 3 is 2.29 bits per heavy atom. The molecule has 0 unspecified atom stereocenters. The highest BCUT2D eigenvalue weighted by atomic mass is 127. The summed E-state index contributed by atoms with van der Waals surface area (Å²) in [5, 5.41) is 0. The Labute approximate surface area is 178 Å². The standard InChI is InChI=1S/C24H21IN2O/c1-17(2)28-22-12-10-21(11-13-22)27-16-26-23-15-19(7-14-24(23)27)4-3-18-5-8-20(25)9-6-18/h3-17H,1-2H3/b4-3-. The molecule has 0 atom stereocenters. The van der Waals surface area contributed by atoms with Crippen molar-refractivity contribution in [3.8, 4) is 11.4 Å². The summed E-state index contributed by atoms with van der Waals surface area (Å²) in [5.41, 5.74) is 5.46. The molecule has 1 heterocycles. The monoisotopic (exact) mass is 480 g/mol. The van der Waals surface area contributed by atoms with Gasteiger partial charge in [-0.25, -0.2) is 4.98 Å². The fourth-order valence-corrected chi connectivity index (χ4v) is 3.42. The summed E-state index contributed by atoms with van der Waals surface area (Å²) in [6.45, 7) is 4.06. The minimum absolute atomic E-state index is 0.172. The van der Waals surface area contributed by atoms with Crippen LogP contribution in [0.5, 0.6) is 5.75 Å². The van der Waals surface area contributed by atoms with Gasteiger partial charge >= 0.3 is 0 Å². The van der Waals surface area contributed by atoms with Crippen LogP contribution < -0.4 is 4.74 Å². The lowest BCUT2D eigenvalue weighted by atomic mass is 10.1. The lowest BCUT2D eigenvalue weighted by Gasteiger charge is -2.10. The van der Waals surface area contributed by atoms with Gasteiger partial charge < -0.3 is 4.74 Å². The van der Waals surface area contributed by atoms with Crippen LogP contribution in [0.4, 0.5) is 0 Å². The summed E-state index contributed by atoms with van der Waals surface area (Å²) in [7, 11) is 0. The molecule has 0 aliphatic carbocycles. The average Bonchev–Trinajstić information content (AvgIpc) is 3.11. The van der Waals surface area contributed by atoms with Crippen LogP contribution in [0.25, 0.3) is 28.9 Å². The Hall–Kier alpha value is -2.60. The van der Waals surface area contributed by atoms with Gasteiger partial charge in [0.05, 0.1) is 17.1 Å². The highest BCUT2D eigenvalue weighted by molar-refractivity contribution is 14.1. The molecule has 0 saturated heterocycles. The molecule has 0 saturated carbocycles. The zero-order valence-corrected chi connectivity index (χ0v) is 18.0. The summed E-state index contributed by atoms with van der Waals surface area (Å²) in [6, 6.07) is 23.0. The van der Waals surface area contributed by atoms with E-state index >= 15 is 0 Å². The third kappa shape index (κ3) is 4.28. The van der Waals surface area contributed by atoms with E-state index in [4.69, 9.17) is 4.74 Å². The van der Waals surface area contributed by atoms with E-state index in [9.17, 15) is 0 Å². The molecule has 28 heavy (non-hydrogen) atoms. The molecule has 0 fully saturated rings. The van der Waals surface area contributed by atoms with Crippen molar-refractivity contribution in [2.45, 2.75) is 20.0 Å². The Morgan fingerprint density at radius 2 is 1.57 bits per heavy atom. The van der Waals surface area contributed by atoms with Gasteiger partial charge in [0.15, 0.2) is 0 Å². The summed E-state index contributed by atoms with van der Waals surface area (Å²) in [5.74, 6) is 0.881. The van der Waals surface area contributed by atoms with Crippen molar-refractivity contribution in [3.05, 3.63) is 87.8 Å². The van der Waals surface area contributed by atoms with Crippen molar-refractivity contribution in [1.29, 1.82) is 0 Å². The van der Waals surface area contributed by atoms with Crippen molar-refractivity contribution in [2.24, 2.45) is 0 Å². The Bertz CT molecular complexity index is 1110. The van der Waals surface area contributed by atoms with E-state index in [1.165, 1.54) is 9.13 Å².